The molecule has 0 heterocycles. The Morgan fingerprint density at radius 1 is 1.25 bits per heavy atom. The summed E-state index contributed by atoms with van der Waals surface area (Å²) in [5, 5.41) is 2.47. The quantitative estimate of drug-likeness (QED) is 0.735. The van der Waals surface area contributed by atoms with Crippen molar-refractivity contribution in [2.75, 3.05) is 12.3 Å². The van der Waals surface area contributed by atoms with Crippen molar-refractivity contribution >= 4 is 21.7 Å². The molecule has 6 nitrogen and oxygen atoms in total. The number of hydrogen-bond donors (Lipinski definition) is 3. The molecular weight excluding hydrogens is 278 g/mol. The van der Waals surface area contributed by atoms with Crippen LogP contribution in [0.5, 0.6) is 0 Å². The van der Waals surface area contributed by atoms with Crippen LogP contribution < -0.4 is 15.8 Å². The molecule has 0 saturated carbocycles. The third-order valence-electron chi connectivity index (χ3n) is 3.11. The minimum absolute atomic E-state index is 0.0710. The van der Waals surface area contributed by atoms with Crippen molar-refractivity contribution in [1.82, 2.24) is 10.0 Å². The molecule has 4 N–H and O–H groups in total. The number of aryl methyl sites for hydroxylation is 1. The topological polar surface area (TPSA) is 101 Å². The zero-order chi connectivity index (χ0) is 15.5. The summed E-state index contributed by atoms with van der Waals surface area (Å²) in [6.45, 7) is 7.39. The van der Waals surface area contributed by atoms with Gasteiger partial charge in [-0.3, -0.25) is 0 Å². The van der Waals surface area contributed by atoms with Crippen LogP contribution in [0.4, 0.5) is 10.5 Å². The average molecular weight is 299 g/mol. The maximum absolute atomic E-state index is 12.3. The number of nitrogen functional groups attached to an aromatic ring is 1. The van der Waals surface area contributed by atoms with Gasteiger partial charge in [-0.15, -0.1) is 0 Å². The predicted octanol–water partition coefficient (Wildman–Crippen LogP) is 1.59. The molecule has 0 aliphatic carbocycles. The summed E-state index contributed by atoms with van der Waals surface area (Å²) in [4.78, 5) is 11.6. The molecule has 1 aromatic rings. The van der Waals surface area contributed by atoms with Gasteiger partial charge in [-0.1, -0.05) is 6.92 Å². The second-order valence-corrected chi connectivity index (χ2v) is 6.34. The SMILES string of the molecule is CCCNC(=O)NS(=O)(=O)c1c(C)c(C)cc(N)c1C. The Labute approximate surface area is 119 Å². The fraction of sp³-hybridized carbons (Fsp3) is 0.462. The Kier molecular flexibility index (Phi) is 4.99. The summed E-state index contributed by atoms with van der Waals surface area (Å²) >= 11 is 0. The Hall–Kier alpha value is -1.76. The molecule has 112 valence electrons. The maximum atomic E-state index is 12.3. The fourth-order valence-corrected chi connectivity index (χ4v) is 3.40. The van der Waals surface area contributed by atoms with Gasteiger partial charge in [-0.2, -0.15) is 0 Å². The van der Waals surface area contributed by atoms with Gasteiger partial charge in [-0.25, -0.2) is 17.9 Å². The summed E-state index contributed by atoms with van der Waals surface area (Å²) in [6.07, 6.45) is 0.725. The van der Waals surface area contributed by atoms with Crippen molar-refractivity contribution in [3.63, 3.8) is 0 Å². The second kappa shape index (κ2) is 6.13. The molecule has 0 fully saturated rings. The zero-order valence-corrected chi connectivity index (χ0v) is 13.0. The van der Waals surface area contributed by atoms with Crippen LogP contribution in [0, 0.1) is 20.8 Å². The average Bonchev–Trinajstić information content (AvgIpc) is 2.33. The van der Waals surface area contributed by atoms with Gasteiger partial charge in [0.25, 0.3) is 10.0 Å². The first-order chi connectivity index (χ1) is 9.20. The number of amides is 2. The number of urea groups is 1. The minimum atomic E-state index is -3.94. The monoisotopic (exact) mass is 299 g/mol. The molecule has 0 atom stereocenters. The van der Waals surface area contributed by atoms with E-state index in [4.69, 9.17) is 5.73 Å². The van der Waals surface area contributed by atoms with E-state index in [1.165, 1.54) is 0 Å². The summed E-state index contributed by atoms with van der Waals surface area (Å²) in [5.41, 5.74) is 8.00. The van der Waals surface area contributed by atoms with Gasteiger partial charge in [0.15, 0.2) is 0 Å². The Morgan fingerprint density at radius 3 is 2.40 bits per heavy atom. The van der Waals surface area contributed by atoms with E-state index in [0.717, 1.165) is 12.0 Å². The normalized spacial score (nSPS) is 11.2. The van der Waals surface area contributed by atoms with E-state index in [2.05, 4.69) is 5.32 Å². The standard InChI is InChI=1S/C13H21N3O3S/c1-5-6-15-13(17)16-20(18,19)12-9(3)8(2)7-11(14)10(12)4/h7H,5-6,14H2,1-4H3,(H2,15,16,17). The number of nitrogens with two attached hydrogens (primary N) is 1. The van der Waals surface area contributed by atoms with E-state index >= 15 is 0 Å². The number of nitrogens with one attached hydrogen (secondary N) is 2. The third-order valence-corrected chi connectivity index (χ3v) is 4.71. The molecule has 0 radical (unpaired) electrons. The van der Waals surface area contributed by atoms with Gasteiger partial charge in [0.2, 0.25) is 0 Å². The van der Waals surface area contributed by atoms with Gasteiger partial charge in [0, 0.05) is 12.2 Å². The van der Waals surface area contributed by atoms with E-state index < -0.39 is 16.1 Å². The highest BCUT2D eigenvalue weighted by molar-refractivity contribution is 7.90. The van der Waals surface area contributed by atoms with Crippen molar-refractivity contribution in [3.05, 3.63) is 22.8 Å². The lowest BCUT2D eigenvalue weighted by Crippen LogP contribution is -2.40. The van der Waals surface area contributed by atoms with Crippen LogP contribution in [0.25, 0.3) is 0 Å². The lowest BCUT2D eigenvalue weighted by Gasteiger charge is -2.16. The molecule has 1 aromatic carbocycles. The Balaban J connectivity index is 3.20. The molecule has 0 bridgehead atoms. The van der Waals surface area contributed by atoms with Crippen LogP contribution in [0.2, 0.25) is 0 Å². The number of carbonyl (C=O) groups is 1. The van der Waals surface area contributed by atoms with Crippen LogP contribution in [-0.2, 0) is 10.0 Å². The van der Waals surface area contributed by atoms with Crippen molar-refractivity contribution in [1.29, 1.82) is 0 Å². The van der Waals surface area contributed by atoms with Gasteiger partial charge >= 0.3 is 6.03 Å². The number of rotatable bonds is 4. The summed E-state index contributed by atoms with van der Waals surface area (Å²) in [7, 11) is -3.94. The number of sulfonamides is 1. The molecule has 0 spiro atoms. The van der Waals surface area contributed by atoms with Crippen LogP contribution in [-0.4, -0.2) is 21.0 Å². The molecule has 1 rings (SSSR count). The van der Waals surface area contributed by atoms with Crippen molar-refractivity contribution < 1.29 is 13.2 Å². The van der Waals surface area contributed by atoms with Crippen LogP contribution >= 0.6 is 0 Å². The predicted molar refractivity (Wildman–Crippen MR) is 79.1 cm³/mol. The maximum Gasteiger partial charge on any atom is 0.328 e. The number of benzene rings is 1. The second-order valence-electron chi connectivity index (χ2n) is 4.72. The highest BCUT2D eigenvalue weighted by atomic mass is 32.2. The van der Waals surface area contributed by atoms with E-state index in [1.807, 2.05) is 11.6 Å². The molecule has 2 amide bonds. The van der Waals surface area contributed by atoms with Crippen LogP contribution in [0.3, 0.4) is 0 Å². The lowest BCUT2D eigenvalue weighted by molar-refractivity contribution is 0.246. The molecule has 0 aliphatic heterocycles. The first kappa shape index (κ1) is 16.3. The van der Waals surface area contributed by atoms with Crippen LogP contribution in [0.15, 0.2) is 11.0 Å². The van der Waals surface area contributed by atoms with Crippen molar-refractivity contribution in [3.8, 4) is 0 Å². The van der Waals surface area contributed by atoms with E-state index in [9.17, 15) is 13.2 Å². The van der Waals surface area contributed by atoms with Gasteiger partial charge in [-0.05, 0) is 49.9 Å². The van der Waals surface area contributed by atoms with Gasteiger partial charge in [0.05, 0.1) is 4.90 Å². The van der Waals surface area contributed by atoms with Crippen molar-refractivity contribution in [2.24, 2.45) is 0 Å². The molecule has 0 unspecified atom stereocenters. The molecule has 0 aromatic heterocycles. The van der Waals surface area contributed by atoms with Crippen molar-refractivity contribution in [2.45, 2.75) is 39.0 Å². The summed E-state index contributed by atoms with van der Waals surface area (Å²) < 4.78 is 26.7. The van der Waals surface area contributed by atoms with E-state index in [0.29, 0.717) is 23.4 Å². The highest BCUT2D eigenvalue weighted by Crippen LogP contribution is 2.27. The van der Waals surface area contributed by atoms with Gasteiger partial charge in [0.1, 0.15) is 0 Å². The molecule has 7 heteroatoms. The minimum Gasteiger partial charge on any atom is -0.398 e. The molecule has 0 aliphatic rings. The number of anilines is 1. The first-order valence-corrected chi connectivity index (χ1v) is 7.86. The van der Waals surface area contributed by atoms with Crippen LogP contribution in [0.1, 0.15) is 30.0 Å². The van der Waals surface area contributed by atoms with E-state index in [-0.39, 0.29) is 4.90 Å². The molecule has 0 saturated heterocycles. The number of carbonyl (C=O) groups excluding carboxylic acids is 1. The van der Waals surface area contributed by atoms with Gasteiger partial charge < -0.3 is 11.1 Å². The first-order valence-electron chi connectivity index (χ1n) is 6.37. The smallest absolute Gasteiger partial charge is 0.328 e. The lowest BCUT2D eigenvalue weighted by atomic mass is 10.1. The highest BCUT2D eigenvalue weighted by Gasteiger charge is 2.24. The fourth-order valence-electron chi connectivity index (χ4n) is 1.89. The summed E-state index contributed by atoms with van der Waals surface area (Å²) in [5.74, 6) is 0. The van der Waals surface area contributed by atoms with E-state index in [1.54, 1.807) is 26.8 Å². The third kappa shape index (κ3) is 3.41. The zero-order valence-electron chi connectivity index (χ0n) is 12.2. The Morgan fingerprint density at radius 2 is 1.85 bits per heavy atom. The molecule has 20 heavy (non-hydrogen) atoms. The molecular formula is C13H21N3O3S. The number of hydrogen-bond acceptors (Lipinski definition) is 4. The largest absolute Gasteiger partial charge is 0.398 e. The Bertz CT molecular complexity index is 598. The summed E-state index contributed by atoms with van der Waals surface area (Å²) in [6, 6.07) is 0.992.